The molecule has 8 heteroatoms. The van der Waals surface area contributed by atoms with Crippen molar-refractivity contribution in [2.75, 3.05) is 6.61 Å². The molecule has 5 rings (SSSR count). The number of carbonyl (C=O) groups excluding carboxylic acids is 1. The lowest BCUT2D eigenvalue weighted by molar-refractivity contribution is -0.139. The van der Waals surface area contributed by atoms with Crippen molar-refractivity contribution in [3.63, 3.8) is 0 Å². The number of fused-ring (bicyclic) bond motifs is 1. The van der Waals surface area contributed by atoms with Gasteiger partial charge in [0.2, 0.25) is 0 Å². The van der Waals surface area contributed by atoms with Crippen LogP contribution >= 0.6 is 33.9 Å². The fourth-order valence-electron chi connectivity index (χ4n) is 4.07. The Morgan fingerprint density at radius 3 is 2.60 bits per heavy atom. The third-order valence-corrected chi connectivity index (χ3v) is 7.36. The van der Waals surface area contributed by atoms with Crippen molar-refractivity contribution < 1.29 is 13.9 Å². The molecule has 1 aliphatic rings. The number of carbonyl (C=O) groups is 1. The summed E-state index contributed by atoms with van der Waals surface area (Å²) >= 11 is 3.53. The summed E-state index contributed by atoms with van der Waals surface area (Å²) in [5, 5.41) is 0. The lowest BCUT2D eigenvalue weighted by Crippen LogP contribution is -2.39. The van der Waals surface area contributed by atoms with Gasteiger partial charge in [0.05, 0.1) is 28.5 Å². The molecule has 0 radical (unpaired) electrons. The molecule has 3 heterocycles. The zero-order valence-corrected chi connectivity index (χ0v) is 22.0. The lowest BCUT2D eigenvalue weighted by Gasteiger charge is -2.24. The van der Waals surface area contributed by atoms with Crippen LogP contribution in [-0.4, -0.2) is 17.1 Å². The van der Waals surface area contributed by atoms with E-state index in [1.165, 1.54) is 11.3 Å². The number of esters is 1. The van der Waals surface area contributed by atoms with Crippen molar-refractivity contribution in [2.24, 2.45) is 4.99 Å². The summed E-state index contributed by atoms with van der Waals surface area (Å²) in [7, 11) is 0. The number of allylic oxidation sites excluding steroid dienone is 1. The van der Waals surface area contributed by atoms with E-state index < -0.39 is 12.0 Å². The van der Waals surface area contributed by atoms with Crippen molar-refractivity contribution >= 4 is 46.0 Å². The van der Waals surface area contributed by atoms with Crippen LogP contribution < -0.4 is 14.9 Å². The van der Waals surface area contributed by atoms with E-state index in [9.17, 15) is 9.59 Å². The molecule has 0 amide bonds. The van der Waals surface area contributed by atoms with Crippen molar-refractivity contribution in [3.8, 4) is 11.3 Å². The fraction of sp³-hybridized carbons (Fsp3) is 0.148. The molecule has 176 valence electrons. The number of ether oxygens (including phenoxy) is 1. The summed E-state index contributed by atoms with van der Waals surface area (Å²) in [5.41, 5.74) is 2.46. The second kappa shape index (κ2) is 9.79. The Labute approximate surface area is 219 Å². The van der Waals surface area contributed by atoms with Crippen molar-refractivity contribution in [1.29, 1.82) is 0 Å². The van der Waals surface area contributed by atoms with Gasteiger partial charge in [-0.05, 0) is 66.3 Å². The largest absolute Gasteiger partial charge is 0.463 e. The molecule has 0 N–H and O–H groups in total. The summed E-state index contributed by atoms with van der Waals surface area (Å²) < 4.78 is 14.5. The summed E-state index contributed by atoms with van der Waals surface area (Å²) in [6.07, 6.45) is 1.73. The van der Waals surface area contributed by atoms with Crippen LogP contribution in [0.1, 0.15) is 31.2 Å². The zero-order valence-electron chi connectivity index (χ0n) is 19.0. The Bertz CT molecular complexity index is 1610. The monoisotopic (exact) mass is 596 g/mol. The Hall–Kier alpha value is -3.24. The van der Waals surface area contributed by atoms with Crippen LogP contribution in [-0.2, 0) is 9.53 Å². The topological polar surface area (TPSA) is 73.8 Å². The number of hydrogen-bond acceptors (Lipinski definition) is 6. The Kier molecular flexibility index (Phi) is 6.57. The minimum atomic E-state index is -0.618. The van der Waals surface area contributed by atoms with Crippen LogP contribution in [0.3, 0.4) is 0 Å². The number of hydrogen-bond donors (Lipinski definition) is 0. The molecule has 1 aliphatic heterocycles. The van der Waals surface area contributed by atoms with E-state index in [0.29, 0.717) is 26.4 Å². The number of aromatic nitrogens is 1. The Morgan fingerprint density at radius 1 is 1.14 bits per heavy atom. The van der Waals surface area contributed by atoms with Crippen molar-refractivity contribution in [3.05, 3.63) is 113 Å². The standard InChI is InChI=1S/C27H21IN2O4S/c1-3-33-26(32)23-16(2)29-27-30(24(23)18-7-5-4-6-8-18)25(31)22(35-27)15-20-13-14-21(34-20)17-9-11-19(28)12-10-17/h4-15,24H,3H2,1-2H3/b22-15+. The maximum absolute atomic E-state index is 13.6. The number of rotatable bonds is 5. The van der Waals surface area contributed by atoms with Crippen LogP contribution in [0, 0.1) is 3.57 Å². The zero-order chi connectivity index (χ0) is 24.5. The smallest absolute Gasteiger partial charge is 0.338 e. The van der Waals surface area contributed by atoms with Gasteiger partial charge in [0.15, 0.2) is 4.80 Å². The summed E-state index contributed by atoms with van der Waals surface area (Å²) in [4.78, 5) is 31.6. The van der Waals surface area contributed by atoms with E-state index in [2.05, 4.69) is 27.6 Å². The average Bonchev–Trinajstić information content (AvgIpc) is 3.44. The highest BCUT2D eigenvalue weighted by molar-refractivity contribution is 14.1. The molecule has 1 atom stereocenters. The first-order chi connectivity index (χ1) is 17.0. The normalized spacial score (nSPS) is 15.6. The summed E-state index contributed by atoms with van der Waals surface area (Å²) in [6, 6.07) is 20.6. The van der Waals surface area contributed by atoms with E-state index in [4.69, 9.17) is 9.15 Å². The number of thiazole rings is 1. The number of nitrogens with zero attached hydrogens (tertiary/aromatic N) is 2. The number of furan rings is 1. The second-order valence-electron chi connectivity index (χ2n) is 7.92. The number of benzene rings is 2. The maximum Gasteiger partial charge on any atom is 0.338 e. The van der Waals surface area contributed by atoms with Gasteiger partial charge in [0.25, 0.3) is 5.56 Å². The lowest BCUT2D eigenvalue weighted by atomic mass is 9.96. The first kappa shape index (κ1) is 23.5. The molecule has 0 saturated carbocycles. The molecule has 4 aromatic rings. The third-order valence-electron chi connectivity index (χ3n) is 5.66. The van der Waals surface area contributed by atoms with Crippen LogP contribution in [0.2, 0.25) is 0 Å². The molecule has 35 heavy (non-hydrogen) atoms. The van der Waals surface area contributed by atoms with E-state index in [0.717, 1.165) is 20.5 Å². The van der Waals surface area contributed by atoms with Gasteiger partial charge >= 0.3 is 5.97 Å². The van der Waals surface area contributed by atoms with Gasteiger partial charge in [0, 0.05) is 15.2 Å². The first-order valence-electron chi connectivity index (χ1n) is 11.1. The van der Waals surface area contributed by atoms with Crippen LogP contribution in [0.4, 0.5) is 0 Å². The molecular weight excluding hydrogens is 575 g/mol. The van der Waals surface area contributed by atoms with E-state index in [-0.39, 0.29) is 12.2 Å². The first-order valence-corrected chi connectivity index (χ1v) is 13.0. The molecular formula is C27H21IN2O4S. The van der Waals surface area contributed by atoms with Crippen molar-refractivity contribution in [1.82, 2.24) is 4.57 Å². The van der Waals surface area contributed by atoms with Crippen LogP contribution in [0.5, 0.6) is 0 Å². The molecule has 1 unspecified atom stereocenters. The van der Waals surface area contributed by atoms with Gasteiger partial charge in [0.1, 0.15) is 11.5 Å². The van der Waals surface area contributed by atoms with Gasteiger partial charge in [-0.15, -0.1) is 0 Å². The fourth-order valence-corrected chi connectivity index (χ4v) is 5.46. The highest BCUT2D eigenvalue weighted by atomic mass is 127. The van der Waals surface area contributed by atoms with E-state index in [1.807, 2.05) is 66.7 Å². The highest BCUT2D eigenvalue weighted by Gasteiger charge is 2.33. The Balaban J connectivity index is 1.62. The Morgan fingerprint density at radius 2 is 1.89 bits per heavy atom. The molecule has 0 aliphatic carbocycles. The molecule has 2 aromatic heterocycles. The molecule has 2 aromatic carbocycles. The van der Waals surface area contributed by atoms with Gasteiger partial charge in [-0.2, -0.15) is 0 Å². The van der Waals surface area contributed by atoms with Crippen LogP contribution in [0.25, 0.3) is 17.4 Å². The SMILES string of the molecule is CCOC(=O)C1=C(C)N=c2s/c(=C/c3ccc(-c4ccc(I)cc4)o3)c(=O)n2C1c1ccccc1. The van der Waals surface area contributed by atoms with Gasteiger partial charge in [-0.3, -0.25) is 9.36 Å². The predicted octanol–water partition coefficient (Wildman–Crippen LogP) is 4.66. The van der Waals surface area contributed by atoms with Gasteiger partial charge < -0.3 is 9.15 Å². The molecule has 0 bridgehead atoms. The van der Waals surface area contributed by atoms with E-state index in [1.54, 1.807) is 24.5 Å². The quantitative estimate of drug-likeness (QED) is 0.248. The maximum atomic E-state index is 13.6. The molecule has 6 nitrogen and oxygen atoms in total. The van der Waals surface area contributed by atoms with Crippen LogP contribution in [0.15, 0.2) is 92.2 Å². The summed E-state index contributed by atoms with van der Waals surface area (Å²) in [6.45, 7) is 3.77. The predicted molar refractivity (Wildman–Crippen MR) is 144 cm³/mol. The highest BCUT2D eigenvalue weighted by Crippen LogP contribution is 2.30. The van der Waals surface area contributed by atoms with Crippen molar-refractivity contribution in [2.45, 2.75) is 19.9 Å². The van der Waals surface area contributed by atoms with E-state index >= 15 is 0 Å². The number of halogens is 1. The third kappa shape index (κ3) is 4.55. The minimum Gasteiger partial charge on any atom is -0.463 e. The minimum absolute atomic E-state index is 0.232. The molecule has 0 spiro atoms. The molecule has 0 saturated heterocycles. The summed E-state index contributed by atoms with van der Waals surface area (Å²) in [5.74, 6) is 0.828. The molecule has 0 fully saturated rings. The van der Waals surface area contributed by atoms with Gasteiger partial charge in [-0.25, -0.2) is 9.79 Å². The van der Waals surface area contributed by atoms with Gasteiger partial charge in [-0.1, -0.05) is 53.8 Å². The average molecular weight is 596 g/mol. The second-order valence-corrected chi connectivity index (χ2v) is 10.2.